The molecule has 1 aliphatic carbocycles. The molecule has 0 saturated carbocycles. The second kappa shape index (κ2) is 3.75. The Morgan fingerprint density at radius 1 is 1.27 bits per heavy atom. The highest BCUT2D eigenvalue weighted by Crippen LogP contribution is 2.28. The van der Waals surface area contributed by atoms with Crippen molar-refractivity contribution in [3.63, 3.8) is 0 Å². The second-order valence-electron chi connectivity index (χ2n) is 3.23. The Kier molecular flexibility index (Phi) is 2.92. The fourth-order valence-corrected chi connectivity index (χ4v) is 1.90. The minimum absolute atomic E-state index is 1.21. The normalized spacial score (nSPS) is 18.6. The average Bonchev–Trinajstić information content (AvgIpc) is 2.04. The number of hydrogen-bond donors (Lipinski definition) is 0. The lowest BCUT2D eigenvalue weighted by atomic mass is 9.89. The van der Waals surface area contributed by atoms with Gasteiger partial charge in [0.15, 0.2) is 0 Å². The first kappa shape index (κ1) is 8.58. The van der Waals surface area contributed by atoms with Crippen LogP contribution in [-0.2, 0) is 0 Å². The highest BCUT2D eigenvalue weighted by atomic mass is 14.1. The zero-order chi connectivity index (χ0) is 8.27. The first-order valence-corrected chi connectivity index (χ1v) is 4.67. The second-order valence-corrected chi connectivity index (χ2v) is 3.23. The van der Waals surface area contributed by atoms with E-state index < -0.39 is 0 Å². The predicted octanol–water partition coefficient (Wildman–Crippen LogP) is 3.84. The van der Waals surface area contributed by atoms with Crippen LogP contribution in [-0.4, -0.2) is 0 Å². The van der Waals surface area contributed by atoms with E-state index in [1.807, 2.05) is 0 Å². The first-order valence-electron chi connectivity index (χ1n) is 4.67. The molecule has 0 heterocycles. The van der Waals surface area contributed by atoms with Gasteiger partial charge >= 0.3 is 0 Å². The maximum absolute atomic E-state index is 2.41. The van der Waals surface area contributed by atoms with Gasteiger partial charge in [-0.25, -0.2) is 0 Å². The summed E-state index contributed by atoms with van der Waals surface area (Å²) < 4.78 is 0. The number of hydrogen-bond acceptors (Lipinski definition) is 0. The predicted molar refractivity (Wildman–Crippen MR) is 50.6 cm³/mol. The Morgan fingerprint density at radius 2 is 2.00 bits per heavy atom. The summed E-state index contributed by atoms with van der Waals surface area (Å²) in [6.07, 6.45) is 7.38. The summed E-state index contributed by atoms with van der Waals surface area (Å²) in [6, 6.07) is 0. The molecule has 0 radical (unpaired) electrons. The zero-order valence-corrected chi connectivity index (χ0v) is 7.91. The number of rotatable bonds is 2. The fourth-order valence-electron chi connectivity index (χ4n) is 1.90. The van der Waals surface area contributed by atoms with Gasteiger partial charge in [-0.15, -0.1) is 0 Å². The molecule has 0 aromatic carbocycles. The van der Waals surface area contributed by atoms with E-state index >= 15 is 0 Å². The SMILES string of the molecule is CCC1=CCCC(C)=C1CC. The van der Waals surface area contributed by atoms with Crippen LogP contribution in [0.2, 0.25) is 0 Å². The minimum Gasteiger partial charge on any atom is -0.0807 e. The van der Waals surface area contributed by atoms with E-state index in [0.717, 1.165) is 0 Å². The molecule has 1 rings (SSSR count). The van der Waals surface area contributed by atoms with Gasteiger partial charge in [0.05, 0.1) is 0 Å². The molecule has 0 atom stereocenters. The van der Waals surface area contributed by atoms with Crippen molar-refractivity contribution in [2.24, 2.45) is 0 Å². The standard InChI is InChI=1S/C11H18/c1-4-10-8-6-7-9(3)11(10)5-2/h8H,4-7H2,1-3H3. The molecular formula is C11H18. The summed E-state index contributed by atoms with van der Waals surface area (Å²) in [7, 11) is 0. The lowest BCUT2D eigenvalue weighted by molar-refractivity contribution is 0.863. The van der Waals surface area contributed by atoms with Crippen molar-refractivity contribution in [3.8, 4) is 0 Å². The van der Waals surface area contributed by atoms with E-state index in [1.54, 1.807) is 16.7 Å². The molecule has 0 aliphatic heterocycles. The van der Waals surface area contributed by atoms with E-state index in [4.69, 9.17) is 0 Å². The van der Waals surface area contributed by atoms with Crippen molar-refractivity contribution < 1.29 is 0 Å². The van der Waals surface area contributed by atoms with Crippen molar-refractivity contribution in [2.75, 3.05) is 0 Å². The largest absolute Gasteiger partial charge is 0.0807 e. The monoisotopic (exact) mass is 150 g/mol. The van der Waals surface area contributed by atoms with Crippen molar-refractivity contribution in [1.29, 1.82) is 0 Å². The fraction of sp³-hybridized carbons (Fsp3) is 0.636. The first-order chi connectivity index (χ1) is 5.29. The van der Waals surface area contributed by atoms with Crippen LogP contribution in [0.15, 0.2) is 22.8 Å². The van der Waals surface area contributed by atoms with E-state index in [9.17, 15) is 0 Å². The minimum atomic E-state index is 1.21. The summed E-state index contributed by atoms with van der Waals surface area (Å²) in [6.45, 7) is 6.79. The molecule has 0 aromatic rings. The molecule has 1 aliphatic rings. The van der Waals surface area contributed by atoms with E-state index in [0.29, 0.717) is 0 Å². The molecule has 0 bridgehead atoms. The third kappa shape index (κ3) is 1.74. The molecular weight excluding hydrogens is 132 g/mol. The highest BCUT2D eigenvalue weighted by Gasteiger charge is 2.08. The maximum atomic E-state index is 2.41. The van der Waals surface area contributed by atoms with Crippen LogP contribution in [0, 0.1) is 0 Å². The molecule has 62 valence electrons. The molecule has 0 amide bonds. The molecule has 11 heavy (non-hydrogen) atoms. The average molecular weight is 150 g/mol. The Labute approximate surface area is 70.0 Å². The van der Waals surface area contributed by atoms with Crippen LogP contribution in [0.4, 0.5) is 0 Å². The lowest BCUT2D eigenvalue weighted by Crippen LogP contribution is -1.97. The van der Waals surface area contributed by atoms with Crippen LogP contribution < -0.4 is 0 Å². The molecule has 0 aromatic heterocycles. The third-order valence-electron chi connectivity index (χ3n) is 2.55. The summed E-state index contributed by atoms with van der Waals surface area (Å²) >= 11 is 0. The topological polar surface area (TPSA) is 0 Å². The van der Waals surface area contributed by atoms with Crippen LogP contribution in [0.3, 0.4) is 0 Å². The molecule has 0 nitrogen and oxygen atoms in total. The van der Waals surface area contributed by atoms with E-state index in [-0.39, 0.29) is 0 Å². The Morgan fingerprint density at radius 3 is 2.45 bits per heavy atom. The smallest absolute Gasteiger partial charge is 0.0282 e. The van der Waals surface area contributed by atoms with Crippen LogP contribution in [0.25, 0.3) is 0 Å². The van der Waals surface area contributed by atoms with Crippen LogP contribution >= 0.6 is 0 Å². The van der Waals surface area contributed by atoms with Crippen molar-refractivity contribution in [2.45, 2.75) is 46.5 Å². The zero-order valence-electron chi connectivity index (χ0n) is 7.91. The van der Waals surface area contributed by atoms with Crippen molar-refractivity contribution in [3.05, 3.63) is 22.8 Å². The maximum Gasteiger partial charge on any atom is -0.0282 e. The van der Waals surface area contributed by atoms with Gasteiger partial charge in [0.25, 0.3) is 0 Å². The number of allylic oxidation sites excluding steroid dienone is 4. The third-order valence-corrected chi connectivity index (χ3v) is 2.55. The molecule has 0 saturated heterocycles. The Hall–Kier alpha value is -0.520. The molecule has 0 spiro atoms. The molecule has 0 unspecified atom stereocenters. The Balaban J connectivity index is 2.86. The van der Waals surface area contributed by atoms with Gasteiger partial charge in [-0.05, 0) is 43.8 Å². The lowest BCUT2D eigenvalue weighted by Gasteiger charge is -2.17. The van der Waals surface area contributed by atoms with Gasteiger partial charge in [0.2, 0.25) is 0 Å². The van der Waals surface area contributed by atoms with E-state index in [1.165, 1.54) is 25.7 Å². The van der Waals surface area contributed by atoms with Gasteiger partial charge < -0.3 is 0 Å². The molecule has 0 N–H and O–H groups in total. The summed E-state index contributed by atoms with van der Waals surface area (Å²) in [5.74, 6) is 0. The molecule has 0 fully saturated rings. The summed E-state index contributed by atoms with van der Waals surface area (Å²) in [4.78, 5) is 0. The summed E-state index contributed by atoms with van der Waals surface area (Å²) in [5, 5.41) is 0. The quantitative estimate of drug-likeness (QED) is 0.561. The van der Waals surface area contributed by atoms with E-state index in [2.05, 4.69) is 26.8 Å². The van der Waals surface area contributed by atoms with Crippen LogP contribution in [0.1, 0.15) is 46.5 Å². The Bertz CT molecular complexity index is 194. The van der Waals surface area contributed by atoms with Gasteiger partial charge in [-0.3, -0.25) is 0 Å². The highest BCUT2D eigenvalue weighted by molar-refractivity contribution is 5.37. The van der Waals surface area contributed by atoms with Crippen molar-refractivity contribution >= 4 is 0 Å². The van der Waals surface area contributed by atoms with Gasteiger partial charge in [0.1, 0.15) is 0 Å². The summed E-state index contributed by atoms with van der Waals surface area (Å²) in [5.41, 5.74) is 4.84. The molecule has 0 heteroatoms. The van der Waals surface area contributed by atoms with Crippen molar-refractivity contribution in [1.82, 2.24) is 0 Å². The van der Waals surface area contributed by atoms with Gasteiger partial charge in [-0.2, -0.15) is 0 Å². The van der Waals surface area contributed by atoms with Crippen LogP contribution in [0.5, 0.6) is 0 Å². The van der Waals surface area contributed by atoms with Gasteiger partial charge in [0, 0.05) is 0 Å². The van der Waals surface area contributed by atoms with Gasteiger partial charge in [-0.1, -0.05) is 25.5 Å².